The van der Waals surface area contributed by atoms with Gasteiger partial charge in [0.1, 0.15) is 17.6 Å². The molecule has 0 aliphatic heterocycles. The number of nitrogens with zero attached hydrogens (tertiary/aromatic N) is 3. The maximum absolute atomic E-state index is 15.1. The van der Waals surface area contributed by atoms with E-state index in [1.54, 1.807) is 45.3 Å². The van der Waals surface area contributed by atoms with Crippen molar-refractivity contribution in [3.05, 3.63) is 70.2 Å². The average Bonchev–Trinajstić information content (AvgIpc) is 3.28. The van der Waals surface area contributed by atoms with Crippen molar-refractivity contribution in [1.29, 1.82) is 0 Å². The molecule has 36 heavy (non-hydrogen) atoms. The molecular weight excluding hydrogens is 461 g/mol. The van der Waals surface area contributed by atoms with E-state index in [2.05, 4.69) is 22.7 Å². The predicted molar refractivity (Wildman–Crippen MR) is 136 cm³/mol. The summed E-state index contributed by atoms with van der Waals surface area (Å²) in [6.45, 7) is 3.95. The van der Waals surface area contributed by atoms with Gasteiger partial charge in [-0.3, -0.25) is 19.1 Å². The van der Waals surface area contributed by atoms with Crippen molar-refractivity contribution in [3.8, 4) is 11.1 Å². The third-order valence-corrected chi connectivity index (χ3v) is 7.30. The first-order chi connectivity index (χ1) is 17.2. The molecule has 1 aromatic carbocycles. The van der Waals surface area contributed by atoms with E-state index in [4.69, 9.17) is 0 Å². The van der Waals surface area contributed by atoms with E-state index in [1.165, 1.54) is 27.6 Å². The Labute approximate surface area is 209 Å². The number of benzene rings is 1. The topological polar surface area (TPSA) is 98.0 Å². The fourth-order valence-corrected chi connectivity index (χ4v) is 4.88. The largest absolute Gasteiger partial charge is 0.339 e. The van der Waals surface area contributed by atoms with Gasteiger partial charge < -0.3 is 15.2 Å². The maximum atomic E-state index is 15.1. The third-order valence-electron chi connectivity index (χ3n) is 7.30. The number of nitrogens with one attached hydrogen (secondary N) is 2. The minimum absolute atomic E-state index is 0.0178. The lowest BCUT2D eigenvalue weighted by Gasteiger charge is -2.32. The zero-order valence-electron chi connectivity index (χ0n) is 21.0. The molecule has 9 heteroatoms. The van der Waals surface area contributed by atoms with Crippen LogP contribution in [0.15, 0.2) is 47.4 Å². The summed E-state index contributed by atoms with van der Waals surface area (Å²) < 4.78 is 18.0. The second-order valence-electron chi connectivity index (χ2n) is 9.72. The van der Waals surface area contributed by atoms with E-state index in [9.17, 15) is 14.4 Å². The van der Waals surface area contributed by atoms with E-state index in [0.717, 1.165) is 25.7 Å². The van der Waals surface area contributed by atoms with E-state index in [-0.39, 0.29) is 23.3 Å². The smallest absolute Gasteiger partial charge is 0.270 e. The van der Waals surface area contributed by atoms with Crippen LogP contribution < -0.4 is 16.2 Å². The van der Waals surface area contributed by atoms with Crippen LogP contribution in [0, 0.1) is 24.6 Å². The highest BCUT2D eigenvalue weighted by molar-refractivity contribution is 6.00. The SMILES string of the molecule is Cc1c(-c2ccc(NC(=O)C(NC(=O)c3ccnn3C)C3CCC(C)CC3)cc2F)ccc(=O)n1C. The number of hydrogen-bond donors (Lipinski definition) is 2. The van der Waals surface area contributed by atoms with Crippen molar-refractivity contribution in [3.63, 3.8) is 0 Å². The molecule has 1 unspecified atom stereocenters. The second kappa shape index (κ2) is 10.5. The van der Waals surface area contributed by atoms with E-state index in [1.807, 2.05) is 0 Å². The first-order valence-corrected chi connectivity index (χ1v) is 12.2. The molecule has 2 N–H and O–H groups in total. The van der Waals surface area contributed by atoms with Crippen molar-refractivity contribution >= 4 is 17.5 Å². The molecule has 4 rings (SSSR count). The van der Waals surface area contributed by atoms with Crippen LogP contribution in [-0.2, 0) is 18.9 Å². The summed E-state index contributed by atoms with van der Waals surface area (Å²) in [7, 11) is 3.31. The molecule has 1 aliphatic rings. The van der Waals surface area contributed by atoms with Crippen LogP contribution in [0.25, 0.3) is 11.1 Å². The molecular formula is C27H32FN5O3. The molecule has 2 heterocycles. The van der Waals surface area contributed by atoms with Crippen LogP contribution in [0.4, 0.5) is 10.1 Å². The van der Waals surface area contributed by atoms with Gasteiger partial charge in [-0.2, -0.15) is 5.10 Å². The van der Waals surface area contributed by atoms with Crippen LogP contribution in [0.3, 0.4) is 0 Å². The maximum Gasteiger partial charge on any atom is 0.270 e. The lowest BCUT2D eigenvalue weighted by Crippen LogP contribution is -2.49. The monoisotopic (exact) mass is 493 g/mol. The van der Waals surface area contributed by atoms with Crippen LogP contribution in [-0.4, -0.2) is 32.2 Å². The molecule has 1 fully saturated rings. The number of pyridine rings is 1. The summed E-state index contributed by atoms with van der Waals surface area (Å²) in [6.07, 6.45) is 5.15. The summed E-state index contributed by atoms with van der Waals surface area (Å²) in [5.74, 6) is -0.705. The van der Waals surface area contributed by atoms with Crippen LogP contribution >= 0.6 is 0 Å². The Morgan fingerprint density at radius 2 is 1.75 bits per heavy atom. The Bertz CT molecular complexity index is 1340. The van der Waals surface area contributed by atoms with Gasteiger partial charge in [0, 0.05) is 48.9 Å². The molecule has 0 spiro atoms. The Hall–Kier alpha value is -3.75. The van der Waals surface area contributed by atoms with Gasteiger partial charge in [0.05, 0.1) is 0 Å². The van der Waals surface area contributed by atoms with Gasteiger partial charge >= 0.3 is 0 Å². The Balaban J connectivity index is 1.56. The van der Waals surface area contributed by atoms with Gasteiger partial charge in [0.25, 0.3) is 5.91 Å². The zero-order valence-corrected chi connectivity index (χ0v) is 21.0. The van der Waals surface area contributed by atoms with Crippen LogP contribution in [0.5, 0.6) is 0 Å². The summed E-state index contributed by atoms with van der Waals surface area (Å²) in [5, 5.41) is 9.73. The lowest BCUT2D eigenvalue weighted by atomic mass is 9.79. The minimum atomic E-state index is -0.756. The van der Waals surface area contributed by atoms with E-state index in [0.29, 0.717) is 34.1 Å². The van der Waals surface area contributed by atoms with Crippen LogP contribution in [0.2, 0.25) is 0 Å². The average molecular weight is 494 g/mol. The van der Waals surface area contributed by atoms with Crippen LogP contribution in [0.1, 0.15) is 48.8 Å². The molecule has 3 aromatic rings. The van der Waals surface area contributed by atoms with Gasteiger partial charge in [-0.15, -0.1) is 0 Å². The normalized spacial score (nSPS) is 18.5. The third kappa shape index (κ3) is 5.24. The summed E-state index contributed by atoms with van der Waals surface area (Å²) in [6, 6.07) is 8.32. The fraction of sp³-hybridized carbons (Fsp3) is 0.407. The molecule has 0 bridgehead atoms. The van der Waals surface area contributed by atoms with Gasteiger partial charge in [-0.25, -0.2) is 4.39 Å². The number of aromatic nitrogens is 3. The van der Waals surface area contributed by atoms with Gasteiger partial charge in [0.2, 0.25) is 11.5 Å². The Morgan fingerprint density at radius 3 is 2.39 bits per heavy atom. The molecule has 8 nitrogen and oxygen atoms in total. The van der Waals surface area contributed by atoms with Crippen molar-refractivity contribution < 1.29 is 14.0 Å². The second-order valence-corrected chi connectivity index (χ2v) is 9.72. The standard InChI is InChI=1S/C27H32FN5O3/c1-16-5-7-18(8-6-16)25(31-26(35)23-13-14-29-33(23)4)27(36)30-19-9-10-21(22(28)15-19)20-11-12-24(34)32(3)17(20)2/h9-16,18,25H,5-8H2,1-4H3,(H,30,36)(H,31,35). The first kappa shape index (κ1) is 25.3. The van der Waals surface area contributed by atoms with E-state index >= 15 is 4.39 Å². The highest BCUT2D eigenvalue weighted by atomic mass is 19.1. The number of rotatable bonds is 6. The molecule has 190 valence electrons. The quantitative estimate of drug-likeness (QED) is 0.546. The van der Waals surface area contributed by atoms with Gasteiger partial charge in [-0.05, 0) is 61.9 Å². The highest BCUT2D eigenvalue weighted by Gasteiger charge is 2.33. The van der Waals surface area contributed by atoms with Gasteiger partial charge in [0.15, 0.2) is 0 Å². The summed E-state index contributed by atoms with van der Waals surface area (Å²) >= 11 is 0. The Kier molecular flexibility index (Phi) is 7.37. The van der Waals surface area contributed by atoms with Crippen molar-refractivity contribution in [2.24, 2.45) is 25.9 Å². The number of halogens is 1. The molecule has 1 aliphatic carbocycles. The first-order valence-electron chi connectivity index (χ1n) is 12.2. The van der Waals surface area contributed by atoms with Crippen molar-refractivity contribution in [2.75, 3.05) is 5.32 Å². The molecule has 0 saturated heterocycles. The van der Waals surface area contributed by atoms with Gasteiger partial charge in [-0.1, -0.05) is 19.8 Å². The minimum Gasteiger partial charge on any atom is -0.339 e. The van der Waals surface area contributed by atoms with Crippen molar-refractivity contribution in [1.82, 2.24) is 19.7 Å². The number of carbonyl (C=O) groups excluding carboxylic acids is 2. The number of carbonyl (C=O) groups is 2. The number of anilines is 1. The highest BCUT2D eigenvalue weighted by Crippen LogP contribution is 2.32. The van der Waals surface area contributed by atoms with Crippen molar-refractivity contribution in [2.45, 2.75) is 45.6 Å². The molecule has 1 saturated carbocycles. The Morgan fingerprint density at radius 1 is 1.06 bits per heavy atom. The molecule has 0 radical (unpaired) electrons. The molecule has 2 aromatic heterocycles. The molecule has 1 atom stereocenters. The summed E-state index contributed by atoms with van der Waals surface area (Å²) in [4.78, 5) is 38.1. The predicted octanol–water partition coefficient (Wildman–Crippen LogP) is 3.80. The fourth-order valence-electron chi connectivity index (χ4n) is 4.88. The lowest BCUT2D eigenvalue weighted by molar-refractivity contribution is -0.119. The number of aryl methyl sites for hydroxylation is 1. The summed E-state index contributed by atoms with van der Waals surface area (Å²) in [5.41, 5.74) is 2.07. The molecule has 2 amide bonds. The van der Waals surface area contributed by atoms with E-state index < -0.39 is 11.9 Å². The number of amides is 2. The zero-order chi connectivity index (χ0) is 26.0. The number of hydrogen-bond acceptors (Lipinski definition) is 4.